The third-order valence-electron chi connectivity index (χ3n) is 3.29. The summed E-state index contributed by atoms with van der Waals surface area (Å²) in [6, 6.07) is 8.70. The van der Waals surface area contributed by atoms with E-state index in [2.05, 4.69) is 9.73 Å². The van der Waals surface area contributed by atoms with Crippen molar-refractivity contribution in [2.45, 2.75) is 24.8 Å². The number of esters is 1. The largest absolute Gasteiger partial charge is 0.481 e. The van der Waals surface area contributed by atoms with Gasteiger partial charge < -0.3 is 14.6 Å². The van der Waals surface area contributed by atoms with E-state index in [1.807, 2.05) is 30.3 Å². The Balaban J connectivity index is 2.09. The lowest BCUT2D eigenvalue weighted by Gasteiger charge is -2.14. The molecule has 0 fully saturated rings. The highest BCUT2D eigenvalue weighted by Gasteiger charge is 2.28. The summed E-state index contributed by atoms with van der Waals surface area (Å²) >= 11 is 0. The zero-order valence-corrected chi connectivity index (χ0v) is 11.7. The van der Waals surface area contributed by atoms with Crippen LogP contribution in [0.15, 0.2) is 35.3 Å². The number of hydrogen-bond acceptors (Lipinski definition) is 5. The lowest BCUT2D eigenvalue weighted by atomic mass is 9.92. The molecule has 0 aromatic heterocycles. The van der Waals surface area contributed by atoms with E-state index in [0.717, 1.165) is 5.56 Å². The van der Waals surface area contributed by atoms with Crippen LogP contribution < -0.4 is 0 Å². The van der Waals surface area contributed by atoms with Crippen LogP contribution in [0.2, 0.25) is 0 Å². The number of benzene rings is 1. The summed E-state index contributed by atoms with van der Waals surface area (Å²) in [7, 11) is 1.30. The number of aliphatic imine (C=N–C) groups is 1. The molecule has 21 heavy (non-hydrogen) atoms. The third-order valence-corrected chi connectivity index (χ3v) is 3.29. The first-order valence-corrected chi connectivity index (χ1v) is 6.64. The monoisotopic (exact) mass is 291 g/mol. The van der Waals surface area contributed by atoms with Crippen molar-refractivity contribution in [2.75, 3.05) is 13.7 Å². The summed E-state index contributed by atoms with van der Waals surface area (Å²) in [5, 5.41) is 9.04. The molecule has 112 valence electrons. The van der Waals surface area contributed by atoms with Crippen molar-refractivity contribution in [2.24, 2.45) is 4.99 Å². The topological polar surface area (TPSA) is 85.2 Å². The minimum Gasteiger partial charge on any atom is -0.481 e. The van der Waals surface area contributed by atoms with Crippen molar-refractivity contribution in [3.05, 3.63) is 35.9 Å². The molecule has 6 nitrogen and oxygen atoms in total. The maximum Gasteiger partial charge on any atom is 0.334 e. The second kappa shape index (κ2) is 6.88. The molecule has 1 aliphatic heterocycles. The zero-order valence-electron chi connectivity index (χ0n) is 11.7. The highest BCUT2D eigenvalue weighted by molar-refractivity contribution is 5.86. The minimum atomic E-state index is -0.882. The number of nitrogens with zero attached hydrogens (tertiary/aromatic N) is 1. The Kier molecular flexibility index (Phi) is 4.92. The lowest BCUT2D eigenvalue weighted by molar-refractivity contribution is -0.142. The molecule has 2 unspecified atom stereocenters. The standard InChI is InChI=1S/C15H17NO5/c1-20-15(19)12-9-21-13(16-12)7-11(8-14(17)18)10-5-3-2-4-6-10/h2-6,11-12H,7-9H2,1H3,(H,17,18). The molecule has 6 heteroatoms. The van der Waals surface area contributed by atoms with Gasteiger partial charge in [0.25, 0.3) is 0 Å². The Hall–Kier alpha value is -2.37. The molecule has 0 aliphatic carbocycles. The van der Waals surface area contributed by atoms with Gasteiger partial charge in [0.05, 0.1) is 13.5 Å². The maximum absolute atomic E-state index is 11.4. The van der Waals surface area contributed by atoms with Gasteiger partial charge in [0, 0.05) is 12.3 Å². The van der Waals surface area contributed by atoms with E-state index in [9.17, 15) is 9.59 Å². The van der Waals surface area contributed by atoms with Crippen LogP contribution in [0.1, 0.15) is 24.3 Å². The quantitative estimate of drug-likeness (QED) is 0.805. The van der Waals surface area contributed by atoms with Gasteiger partial charge in [0.1, 0.15) is 6.61 Å². The summed E-state index contributed by atoms with van der Waals surface area (Å²) in [6.45, 7) is 0.149. The average molecular weight is 291 g/mol. The fraction of sp³-hybridized carbons (Fsp3) is 0.400. The highest BCUT2D eigenvalue weighted by Crippen LogP contribution is 2.26. The van der Waals surface area contributed by atoms with Crippen molar-refractivity contribution in [3.8, 4) is 0 Å². The number of rotatable bonds is 6. The fourth-order valence-corrected chi connectivity index (χ4v) is 2.25. The van der Waals surface area contributed by atoms with E-state index < -0.39 is 18.0 Å². The van der Waals surface area contributed by atoms with Gasteiger partial charge in [-0.25, -0.2) is 9.79 Å². The Morgan fingerprint density at radius 3 is 2.76 bits per heavy atom. The Morgan fingerprint density at radius 1 is 1.43 bits per heavy atom. The van der Waals surface area contributed by atoms with Crippen LogP contribution in [0.5, 0.6) is 0 Å². The summed E-state index contributed by atoms with van der Waals surface area (Å²) < 4.78 is 9.99. The molecule has 0 bridgehead atoms. The van der Waals surface area contributed by atoms with Gasteiger partial charge in [-0.15, -0.1) is 0 Å². The second-order valence-electron chi connectivity index (χ2n) is 4.78. The number of carbonyl (C=O) groups excluding carboxylic acids is 1. The molecule has 2 rings (SSSR count). The minimum absolute atomic E-state index is 0.0186. The fourth-order valence-electron chi connectivity index (χ4n) is 2.25. The van der Waals surface area contributed by atoms with Crippen LogP contribution in [0, 0.1) is 0 Å². The van der Waals surface area contributed by atoms with Gasteiger partial charge in [-0.1, -0.05) is 30.3 Å². The van der Waals surface area contributed by atoms with E-state index in [0.29, 0.717) is 12.3 Å². The van der Waals surface area contributed by atoms with Crippen LogP contribution in [0.3, 0.4) is 0 Å². The molecular formula is C15H17NO5. The number of ether oxygens (including phenoxy) is 2. The molecule has 1 heterocycles. The first-order chi connectivity index (χ1) is 10.1. The predicted octanol–water partition coefficient (Wildman–Crippen LogP) is 1.61. The zero-order chi connectivity index (χ0) is 15.2. The maximum atomic E-state index is 11.4. The Labute approximate surface area is 122 Å². The summed E-state index contributed by atoms with van der Waals surface area (Å²) in [4.78, 5) is 26.6. The smallest absolute Gasteiger partial charge is 0.334 e. The molecule has 0 spiro atoms. The number of carboxylic acids is 1. The number of hydrogen-bond donors (Lipinski definition) is 1. The predicted molar refractivity (Wildman–Crippen MR) is 75.2 cm³/mol. The summed E-state index contributed by atoms with van der Waals surface area (Å²) in [5.74, 6) is -1.16. The number of methoxy groups -OCH3 is 1. The molecule has 1 N–H and O–H groups in total. The van der Waals surface area contributed by atoms with Crippen LogP contribution in [0.25, 0.3) is 0 Å². The molecule has 0 radical (unpaired) electrons. The SMILES string of the molecule is COC(=O)C1COC(CC(CC(=O)O)c2ccccc2)=N1. The van der Waals surface area contributed by atoms with E-state index in [1.165, 1.54) is 7.11 Å². The number of carboxylic acid groups (broad SMARTS) is 1. The van der Waals surface area contributed by atoms with Crippen molar-refractivity contribution < 1.29 is 24.2 Å². The van der Waals surface area contributed by atoms with E-state index in [4.69, 9.17) is 9.84 Å². The van der Waals surface area contributed by atoms with Gasteiger partial charge in [-0.3, -0.25) is 4.79 Å². The molecule has 1 aromatic carbocycles. The Bertz CT molecular complexity index is 540. The van der Waals surface area contributed by atoms with Crippen LogP contribution in [0.4, 0.5) is 0 Å². The van der Waals surface area contributed by atoms with Crippen molar-refractivity contribution in [3.63, 3.8) is 0 Å². The van der Waals surface area contributed by atoms with Gasteiger partial charge in [-0.2, -0.15) is 0 Å². The van der Waals surface area contributed by atoms with Crippen LogP contribution in [-0.2, 0) is 19.1 Å². The molecule has 2 atom stereocenters. The summed E-state index contributed by atoms with van der Waals surface area (Å²) in [6.07, 6.45) is 0.332. The number of carbonyl (C=O) groups is 2. The molecule has 1 aliphatic rings. The highest BCUT2D eigenvalue weighted by atomic mass is 16.5. The molecule has 0 saturated carbocycles. The molecule has 0 amide bonds. The van der Waals surface area contributed by atoms with Gasteiger partial charge in [-0.05, 0) is 5.56 Å². The van der Waals surface area contributed by atoms with Gasteiger partial charge in [0.2, 0.25) is 0 Å². The molecular weight excluding hydrogens is 274 g/mol. The van der Waals surface area contributed by atoms with Crippen molar-refractivity contribution >= 4 is 17.8 Å². The third kappa shape index (κ3) is 4.05. The number of aliphatic carboxylic acids is 1. The van der Waals surface area contributed by atoms with Crippen molar-refractivity contribution in [1.29, 1.82) is 0 Å². The van der Waals surface area contributed by atoms with Crippen molar-refractivity contribution in [1.82, 2.24) is 0 Å². The van der Waals surface area contributed by atoms with E-state index in [1.54, 1.807) is 0 Å². The van der Waals surface area contributed by atoms with Crippen LogP contribution in [-0.4, -0.2) is 42.7 Å². The van der Waals surface area contributed by atoms with E-state index in [-0.39, 0.29) is 18.9 Å². The molecule has 1 aromatic rings. The van der Waals surface area contributed by atoms with Gasteiger partial charge in [0.15, 0.2) is 11.9 Å². The lowest BCUT2D eigenvalue weighted by Crippen LogP contribution is -2.21. The first-order valence-electron chi connectivity index (χ1n) is 6.64. The van der Waals surface area contributed by atoms with E-state index >= 15 is 0 Å². The molecule has 0 saturated heterocycles. The normalized spacial score (nSPS) is 18.5. The first kappa shape index (κ1) is 15.0. The summed E-state index contributed by atoms with van der Waals surface area (Å²) in [5.41, 5.74) is 0.910. The average Bonchev–Trinajstić information content (AvgIpc) is 2.95. The Morgan fingerprint density at radius 2 is 2.14 bits per heavy atom. The van der Waals surface area contributed by atoms with Gasteiger partial charge >= 0.3 is 11.9 Å². The van der Waals surface area contributed by atoms with Crippen LogP contribution >= 0.6 is 0 Å². The second-order valence-corrected chi connectivity index (χ2v) is 4.78.